The van der Waals surface area contributed by atoms with Gasteiger partial charge >= 0.3 is 0 Å². The number of hydrogen-bond donors (Lipinski definition) is 1. The van der Waals surface area contributed by atoms with E-state index in [2.05, 4.69) is 20.6 Å². The Morgan fingerprint density at radius 2 is 2.19 bits per heavy atom. The van der Waals surface area contributed by atoms with Gasteiger partial charge in [0.25, 0.3) is 5.91 Å². The molecule has 2 aromatic heterocycles. The number of nitrogens with one attached hydrogen (secondary N) is 1. The summed E-state index contributed by atoms with van der Waals surface area (Å²) in [7, 11) is 0. The van der Waals surface area contributed by atoms with Crippen molar-refractivity contribution in [3.63, 3.8) is 0 Å². The first-order valence-corrected chi connectivity index (χ1v) is 8.74. The van der Waals surface area contributed by atoms with Crippen LogP contribution >= 0.6 is 0 Å². The Balaban J connectivity index is 1.44. The van der Waals surface area contributed by atoms with E-state index in [1.807, 2.05) is 30.3 Å². The first-order valence-electron chi connectivity index (χ1n) is 8.74. The number of aromatic nitrogens is 4. The van der Waals surface area contributed by atoms with E-state index < -0.39 is 0 Å². The van der Waals surface area contributed by atoms with Crippen LogP contribution in [0.5, 0.6) is 11.5 Å². The summed E-state index contributed by atoms with van der Waals surface area (Å²) in [4.78, 5) is 16.6. The van der Waals surface area contributed by atoms with E-state index in [1.54, 1.807) is 23.1 Å². The third kappa shape index (κ3) is 4.29. The quantitative estimate of drug-likeness (QED) is 0.722. The Morgan fingerprint density at radius 1 is 1.30 bits per heavy atom. The fourth-order valence-corrected chi connectivity index (χ4v) is 2.85. The minimum Gasteiger partial charge on any atom is -0.455 e. The SMILES string of the molecule is O=C(Nc1cnccc1Oc1ccccc1)c1cn(CC2CCOC2)nn1. The van der Waals surface area contributed by atoms with E-state index >= 15 is 0 Å². The van der Waals surface area contributed by atoms with Crippen LogP contribution in [0.25, 0.3) is 0 Å². The molecule has 0 spiro atoms. The summed E-state index contributed by atoms with van der Waals surface area (Å²) >= 11 is 0. The van der Waals surface area contributed by atoms with E-state index in [9.17, 15) is 4.79 Å². The maximum atomic E-state index is 12.5. The molecule has 0 saturated carbocycles. The normalized spacial score (nSPS) is 16.2. The summed E-state index contributed by atoms with van der Waals surface area (Å²) in [5.74, 6) is 1.21. The number of rotatable bonds is 6. The van der Waals surface area contributed by atoms with Gasteiger partial charge in [-0.15, -0.1) is 5.10 Å². The van der Waals surface area contributed by atoms with Gasteiger partial charge in [-0.25, -0.2) is 0 Å². The van der Waals surface area contributed by atoms with Gasteiger partial charge in [-0.3, -0.25) is 14.5 Å². The van der Waals surface area contributed by atoms with Crippen LogP contribution in [0, 0.1) is 5.92 Å². The van der Waals surface area contributed by atoms with Crippen LogP contribution in [0.15, 0.2) is 55.0 Å². The minimum absolute atomic E-state index is 0.239. The number of ether oxygens (including phenoxy) is 2. The van der Waals surface area contributed by atoms with Crippen molar-refractivity contribution in [3.8, 4) is 11.5 Å². The molecule has 3 aromatic rings. The zero-order valence-electron chi connectivity index (χ0n) is 14.6. The first kappa shape index (κ1) is 17.2. The van der Waals surface area contributed by atoms with E-state index in [0.717, 1.165) is 19.6 Å². The van der Waals surface area contributed by atoms with E-state index in [-0.39, 0.29) is 11.6 Å². The highest BCUT2D eigenvalue weighted by Crippen LogP contribution is 2.28. The number of pyridine rings is 1. The zero-order chi connectivity index (χ0) is 18.5. The second-order valence-electron chi connectivity index (χ2n) is 6.30. The van der Waals surface area contributed by atoms with Crippen LogP contribution in [0.2, 0.25) is 0 Å². The molecular weight excluding hydrogens is 346 g/mol. The van der Waals surface area contributed by atoms with Crippen LogP contribution in [0.4, 0.5) is 5.69 Å². The van der Waals surface area contributed by atoms with Gasteiger partial charge < -0.3 is 14.8 Å². The van der Waals surface area contributed by atoms with E-state index in [4.69, 9.17) is 9.47 Å². The number of hydrogen-bond acceptors (Lipinski definition) is 6. The van der Waals surface area contributed by atoms with Crippen LogP contribution < -0.4 is 10.1 Å². The minimum atomic E-state index is -0.366. The van der Waals surface area contributed by atoms with Gasteiger partial charge in [0.1, 0.15) is 11.4 Å². The molecule has 27 heavy (non-hydrogen) atoms. The number of carbonyl (C=O) groups is 1. The molecule has 138 valence electrons. The highest BCUT2D eigenvalue weighted by atomic mass is 16.5. The lowest BCUT2D eigenvalue weighted by Crippen LogP contribution is -2.13. The largest absolute Gasteiger partial charge is 0.455 e. The number of para-hydroxylation sites is 1. The Morgan fingerprint density at radius 3 is 3.00 bits per heavy atom. The van der Waals surface area contributed by atoms with Gasteiger partial charge in [0, 0.05) is 31.3 Å². The summed E-state index contributed by atoms with van der Waals surface area (Å²) in [6.07, 6.45) is 5.78. The number of carbonyl (C=O) groups excluding carboxylic acids is 1. The molecule has 1 aromatic carbocycles. The summed E-state index contributed by atoms with van der Waals surface area (Å²) in [6.45, 7) is 2.19. The first-order chi connectivity index (χ1) is 13.3. The third-order valence-corrected chi connectivity index (χ3v) is 4.24. The molecule has 0 bridgehead atoms. The molecule has 4 rings (SSSR count). The Bertz CT molecular complexity index is 906. The van der Waals surface area contributed by atoms with Crippen molar-refractivity contribution in [2.75, 3.05) is 18.5 Å². The molecule has 1 N–H and O–H groups in total. The lowest BCUT2D eigenvalue weighted by molar-refractivity contribution is 0.102. The summed E-state index contributed by atoms with van der Waals surface area (Å²) in [5, 5.41) is 10.8. The van der Waals surface area contributed by atoms with Gasteiger partial charge in [0.15, 0.2) is 11.4 Å². The maximum absolute atomic E-state index is 12.5. The van der Waals surface area contributed by atoms with Crippen molar-refractivity contribution in [2.24, 2.45) is 5.92 Å². The van der Waals surface area contributed by atoms with E-state index in [0.29, 0.717) is 29.6 Å². The monoisotopic (exact) mass is 365 g/mol. The summed E-state index contributed by atoms with van der Waals surface area (Å²) < 4.78 is 12.9. The second-order valence-corrected chi connectivity index (χ2v) is 6.30. The van der Waals surface area contributed by atoms with Gasteiger partial charge in [0.2, 0.25) is 0 Å². The molecule has 8 nitrogen and oxygen atoms in total. The number of anilines is 1. The topological polar surface area (TPSA) is 91.2 Å². The Hall–Kier alpha value is -3.26. The van der Waals surface area contributed by atoms with Gasteiger partial charge in [0.05, 0.1) is 19.0 Å². The molecule has 0 radical (unpaired) electrons. The molecule has 1 saturated heterocycles. The lowest BCUT2D eigenvalue weighted by Gasteiger charge is -2.10. The number of amides is 1. The molecule has 1 aliphatic rings. The molecule has 3 heterocycles. The highest BCUT2D eigenvalue weighted by molar-refractivity contribution is 6.03. The van der Waals surface area contributed by atoms with Gasteiger partial charge in [-0.2, -0.15) is 0 Å². The fourth-order valence-electron chi connectivity index (χ4n) is 2.85. The Kier molecular flexibility index (Phi) is 5.06. The molecule has 1 amide bonds. The smallest absolute Gasteiger partial charge is 0.277 e. The van der Waals surface area contributed by atoms with Crippen LogP contribution in [0.3, 0.4) is 0 Å². The van der Waals surface area contributed by atoms with Crippen molar-refractivity contribution >= 4 is 11.6 Å². The van der Waals surface area contributed by atoms with E-state index in [1.165, 1.54) is 6.20 Å². The van der Waals surface area contributed by atoms with Gasteiger partial charge in [-0.1, -0.05) is 23.4 Å². The van der Waals surface area contributed by atoms with Crippen molar-refractivity contribution in [1.82, 2.24) is 20.0 Å². The predicted octanol–water partition coefficient (Wildman–Crippen LogP) is 2.75. The van der Waals surface area contributed by atoms with Crippen molar-refractivity contribution in [1.29, 1.82) is 0 Å². The summed E-state index contributed by atoms with van der Waals surface area (Å²) in [5.41, 5.74) is 0.702. The molecule has 8 heteroatoms. The molecule has 0 aliphatic carbocycles. The van der Waals surface area contributed by atoms with Crippen molar-refractivity contribution < 1.29 is 14.3 Å². The highest BCUT2D eigenvalue weighted by Gasteiger charge is 2.19. The molecule has 1 unspecified atom stereocenters. The number of benzene rings is 1. The molecule has 1 fully saturated rings. The standard InChI is InChI=1S/C19H19N5O3/c25-19(17-12-24(23-22-17)11-14-7-9-26-13-14)21-16-10-20-8-6-18(16)27-15-4-2-1-3-5-15/h1-6,8,10,12,14H,7,9,11,13H2,(H,21,25). The summed E-state index contributed by atoms with van der Waals surface area (Å²) in [6, 6.07) is 11.0. The van der Waals surface area contributed by atoms with Crippen molar-refractivity contribution in [2.45, 2.75) is 13.0 Å². The molecule has 1 aliphatic heterocycles. The third-order valence-electron chi connectivity index (χ3n) is 4.24. The number of nitrogens with zero attached hydrogens (tertiary/aromatic N) is 4. The molecule has 1 atom stereocenters. The molecular formula is C19H19N5O3. The lowest BCUT2D eigenvalue weighted by atomic mass is 10.1. The van der Waals surface area contributed by atoms with Gasteiger partial charge in [-0.05, 0) is 18.6 Å². The maximum Gasteiger partial charge on any atom is 0.277 e. The predicted molar refractivity (Wildman–Crippen MR) is 97.7 cm³/mol. The Labute approximate surface area is 156 Å². The van der Waals surface area contributed by atoms with Crippen LogP contribution in [-0.4, -0.2) is 39.1 Å². The van der Waals surface area contributed by atoms with Crippen molar-refractivity contribution in [3.05, 3.63) is 60.7 Å². The average molecular weight is 365 g/mol. The second kappa shape index (κ2) is 7.96. The van der Waals surface area contributed by atoms with Crippen LogP contribution in [-0.2, 0) is 11.3 Å². The fraction of sp³-hybridized carbons (Fsp3) is 0.263. The zero-order valence-corrected chi connectivity index (χ0v) is 14.6. The average Bonchev–Trinajstić information content (AvgIpc) is 3.37. The van der Waals surface area contributed by atoms with Crippen LogP contribution in [0.1, 0.15) is 16.9 Å².